The lowest BCUT2D eigenvalue weighted by Crippen LogP contribution is -2.61. The molecule has 8 unspecified atom stereocenters. The molecule has 0 radical (unpaired) electrons. The lowest BCUT2D eigenvalue weighted by molar-refractivity contribution is -0.305. The molecular formula is C81H149NO10. The first kappa shape index (κ1) is 87.4. The Kier molecular flexibility index (Phi) is 64.9. The van der Waals surface area contributed by atoms with Crippen LogP contribution in [0, 0.1) is 0 Å². The molecule has 1 rings (SSSR count). The van der Waals surface area contributed by atoms with Crippen molar-refractivity contribution < 1.29 is 49.3 Å². The number of rotatable bonds is 69. The number of hydrogen-bond donors (Lipinski definition) is 6. The van der Waals surface area contributed by atoms with Gasteiger partial charge in [-0.15, -0.1) is 0 Å². The topological polar surface area (TPSA) is 175 Å². The number of unbranched alkanes of at least 4 members (excludes halogenated alkanes) is 47. The van der Waals surface area contributed by atoms with E-state index in [1.165, 1.54) is 263 Å². The molecule has 6 N–H and O–H groups in total. The predicted octanol–water partition coefficient (Wildman–Crippen LogP) is 21.2. The van der Waals surface area contributed by atoms with Crippen LogP contribution in [0.4, 0.5) is 0 Å². The first-order valence-corrected chi connectivity index (χ1v) is 39.6. The van der Waals surface area contributed by atoms with Crippen LogP contribution in [0.25, 0.3) is 0 Å². The van der Waals surface area contributed by atoms with E-state index >= 15 is 0 Å². The van der Waals surface area contributed by atoms with Gasteiger partial charge in [-0.2, -0.15) is 0 Å². The average Bonchev–Trinajstić information content (AvgIpc) is 0.875. The van der Waals surface area contributed by atoms with Gasteiger partial charge in [0.1, 0.15) is 24.4 Å². The minimum Gasteiger partial charge on any atom is -0.454 e. The average molecular weight is 1300 g/mol. The summed E-state index contributed by atoms with van der Waals surface area (Å²) in [6.45, 7) is 5.82. The van der Waals surface area contributed by atoms with E-state index in [4.69, 9.17) is 14.2 Å². The Morgan fingerprint density at radius 2 is 0.750 bits per heavy atom. The zero-order valence-corrected chi connectivity index (χ0v) is 60.2. The summed E-state index contributed by atoms with van der Waals surface area (Å²) in [5, 5.41) is 57.4. The van der Waals surface area contributed by atoms with Crippen molar-refractivity contribution in [3.05, 3.63) is 60.8 Å². The Bertz CT molecular complexity index is 1730. The van der Waals surface area contributed by atoms with Crippen molar-refractivity contribution in [1.82, 2.24) is 5.32 Å². The minimum atomic E-state index is -1.62. The van der Waals surface area contributed by atoms with Crippen LogP contribution < -0.4 is 5.32 Å². The molecule has 1 aliphatic heterocycles. The number of allylic oxidation sites excluding steroid dienone is 9. The number of hydrogen-bond acceptors (Lipinski definition) is 10. The van der Waals surface area contributed by atoms with E-state index in [1.54, 1.807) is 6.08 Å². The number of carbonyl (C=O) groups excluding carboxylic acids is 2. The van der Waals surface area contributed by atoms with Gasteiger partial charge >= 0.3 is 5.97 Å². The molecule has 11 heteroatoms. The highest BCUT2D eigenvalue weighted by atomic mass is 16.7. The zero-order chi connectivity index (χ0) is 66.7. The number of ether oxygens (including phenoxy) is 3. The van der Waals surface area contributed by atoms with Gasteiger partial charge in [0.05, 0.1) is 25.4 Å². The molecule has 0 aliphatic carbocycles. The molecule has 0 aromatic rings. The smallest absolute Gasteiger partial charge is 0.306 e. The van der Waals surface area contributed by atoms with E-state index in [-0.39, 0.29) is 13.0 Å². The zero-order valence-electron chi connectivity index (χ0n) is 60.2. The Morgan fingerprint density at radius 3 is 1.15 bits per heavy atom. The van der Waals surface area contributed by atoms with Gasteiger partial charge in [0.15, 0.2) is 12.4 Å². The summed E-state index contributed by atoms with van der Waals surface area (Å²) in [6, 6.07) is -1.02. The van der Waals surface area contributed by atoms with E-state index in [1.807, 2.05) is 6.08 Å². The van der Waals surface area contributed by atoms with Crippen molar-refractivity contribution >= 4 is 11.9 Å². The third kappa shape index (κ3) is 54.5. The minimum absolute atomic E-state index is 0.122. The van der Waals surface area contributed by atoms with Crippen LogP contribution in [0.1, 0.15) is 380 Å². The van der Waals surface area contributed by atoms with Gasteiger partial charge in [-0.1, -0.05) is 345 Å². The first-order chi connectivity index (χ1) is 45.2. The molecule has 8 atom stereocenters. The lowest BCUT2D eigenvalue weighted by Gasteiger charge is -2.41. The Hall–Kier alpha value is -2.64. The fourth-order valence-electron chi connectivity index (χ4n) is 12.4. The second-order valence-electron chi connectivity index (χ2n) is 27.4. The van der Waals surface area contributed by atoms with Crippen molar-refractivity contribution in [2.75, 3.05) is 13.2 Å². The normalized spacial score (nSPS) is 18.2. The van der Waals surface area contributed by atoms with E-state index in [0.717, 1.165) is 70.6 Å². The van der Waals surface area contributed by atoms with E-state index in [0.29, 0.717) is 19.3 Å². The van der Waals surface area contributed by atoms with Crippen LogP contribution >= 0.6 is 0 Å². The second kappa shape index (κ2) is 68.3. The molecule has 538 valence electrons. The predicted molar refractivity (Wildman–Crippen MR) is 389 cm³/mol. The molecule has 0 spiro atoms. The maximum absolute atomic E-state index is 13.5. The molecule has 1 aliphatic rings. The van der Waals surface area contributed by atoms with Gasteiger partial charge < -0.3 is 45.1 Å². The molecule has 0 aromatic carbocycles. The standard InChI is InChI=1S/C81H149NO10/c1-4-7-10-13-16-19-22-25-27-29-31-33-35-37-39-40-42-44-46-48-50-53-56-59-62-65-68-74(85)80(89)82-72(73(84)67-64-61-58-55-52-24-21-18-15-12-9-6-3)71-90-81-79(78(88)77(87)75(70-83)91-81)92-76(86)69-66-63-60-57-54-51-49-47-45-43-41-38-36-34-32-30-28-26-23-20-17-14-11-8-5-2/h17,20,25-28,32,34,64,67,72-75,77-79,81,83-85,87-88H,4-16,18-19,21-24,29-31,33,35-63,65-66,68-71H2,1-3H3,(H,82,89)/b20-17-,27-25+,28-26-,34-32-,67-64+. The van der Waals surface area contributed by atoms with Crippen molar-refractivity contribution in [3.8, 4) is 0 Å². The van der Waals surface area contributed by atoms with Gasteiger partial charge in [-0.05, 0) is 89.9 Å². The number of esters is 1. The summed E-state index contributed by atoms with van der Waals surface area (Å²) < 4.78 is 17.8. The highest BCUT2D eigenvalue weighted by Crippen LogP contribution is 2.27. The molecule has 0 bridgehead atoms. The van der Waals surface area contributed by atoms with Crippen LogP contribution in [-0.2, 0) is 23.8 Å². The van der Waals surface area contributed by atoms with Gasteiger partial charge in [0.2, 0.25) is 5.91 Å². The van der Waals surface area contributed by atoms with Crippen LogP contribution in [-0.4, -0.2) is 99.6 Å². The molecule has 1 heterocycles. The summed E-state index contributed by atoms with van der Waals surface area (Å²) >= 11 is 0. The van der Waals surface area contributed by atoms with Crippen molar-refractivity contribution in [2.45, 2.75) is 429 Å². The second-order valence-corrected chi connectivity index (χ2v) is 27.4. The quantitative estimate of drug-likeness (QED) is 0.0195. The summed E-state index contributed by atoms with van der Waals surface area (Å²) in [5.74, 6) is -1.18. The molecule has 92 heavy (non-hydrogen) atoms. The highest BCUT2D eigenvalue weighted by Gasteiger charge is 2.47. The van der Waals surface area contributed by atoms with Crippen LogP contribution in [0.15, 0.2) is 60.8 Å². The molecule has 0 aromatic heterocycles. The van der Waals surface area contributed by atoms with Gasteiger partial charge in [-0.3, -0.25) is 9.59 Å². The van der Waals surface area contributed by atoms with Crippen molar-refractivity contribution in [3.63, 3.8) is 0 Å². The fraction of sp³-hybridized carbons (Fsp3) is 0.852. The number of nitrogens with one attached hydrogen (secondary N) is 1. The van der Waals surface area contributed by atoms with Gasteiger partial charge in [0.25, 0.3) is 0 Å². The molecule has 1 fully saturated rings. The maximum atomic E-state index is 13.5. The summed E-state index contributed by atoms with van der Waals surface area (Å²) in [6.07, 6.45) is 78.4. The van der Waals surface area contributed by atoms with E-state index < -0.39 is 67.4 Å². The Labute approximate surface area is 567 Å². The molecule has 0 saturated carbocycles. The summed E-state index contributed by atoms with van der Waals surface area (Å²) in [7, 11) is 0. The third-order valence-corrected chi connectivity index (χ3v) is 18.6. The van der Waals surface area contributed by atoms with Gasteiger partial charge in [-0.25, -0.2) is 0 Å². The monoisotopic (exact) mass is 1300 g/mol. The number of aliphatic hydroxyl groups excluding tert-OH is 5. The maximum Gasteiger partial charge on any atom is 0.306 e. The number of carbonyl (C=O) groups is 2. The molecular weight excluding hydrogens is 1150 g/mol. The summed E-state index contributed by atoms with van der Waals surface area (Å²) in [5.41, 5.74) is 0. The Morgan fingerprint density at radius 1 is 0.424 bits per heavy atom. The van der Waals surface area contributed by atoms with Crippen LogP contribution in [0.3, 0.4) is 0 Å². The highest BCUT2D eigenvalue weighted by molar-refractivity contribution is 5.80. The van der Waals surface area contributed by atoms with Crippen molar-refractivity contribution in [1.29, 1.82) is 0 Å². The fourth-order valence-corrected chi connectivity index (χ4v) is 12.4. The van der Waals surface area contributed by atoms with Crippen LogP contribution in [0.2, 0.25) is 0 Å². The molecule has 11 nitrogen and oxygen atoms in total. The first-order valence-electron chi connectivity index (χ1n) is 39.6. The van der Waals surface area contributed by atoms with Crippen LogP contribution in [0.5, 0.6) is 0 Å². The third-order valence-electron chi connectivity index (χ3n) is 18.6. The van der Waals surface area contributed by atoms with E-state index in [9.17, 15) is 35.1 Å². The van der Waals surface area contributed by atoms with E-state index in [2.05, 4.69) is 74.7 Å². The largest absolute Gasteiger partial charge is 0.454 e. The molecule has 1 amide bonds. The Balaban J connectivity index is 2.49. The number of amides is 1. The molecule has 1 saturated heterocycles. The van der Waals surface area contributed by atoms with Gasteiger partial charge in [0, 0.05) is 6.42 Å². The SMILES string of the molecule is CCCCC/C=C\C/C=C\C/C=C\CCCCCCCCCCCCCCC(=O)OC1C(OCC(NC(=O)C(O)CCCCCCCCCCCCCCCCCC/C=C/CCCCCCCC)C(O)/C=C/CCCCCCCCCCCC)OC(CO)C(O)C1O. The number of aliphatic hydroxyl groups is 5. The van der Waals surface area contributed by atoms with Crippen molar-refractivity contribution in [2.24, 2.45) is 0 Å². The lowest BCUT2D eigenvalue weighted by atomic mass is 9.99. The summed E-state index contributed by atoms with van der Waals surface area (Å²) in [4.78, 5) is 26.8.